The van der Waals surface area contributed by atoms with Crippen molar-refractivity contribution in [2.75, 3.05) is 0 Å². The first-order chi connectivity index (χ1) is 10.0. The lowest BCUT2D eigenvalue weighted by Crippen LogP contribution is -2.19. The van der Waals surface area contributed by atoms with Gasteiger partial charge in [-0.1, -0.05) is 36.4 Å². The summed E-state index contributed by atoms with van der Waals surface area (Å²) in [5, 5.41) is 14.0. The van der Waals surface area contributed by atoms with Gasteiger partial charge in [0.1, 0.15) is 5.75 Å². The number of aryl methyl sites for hydroxylation is 2. The number of carbonyl (C=O) groups is 1. The molecule has 0 spiro atoms. The van der Waals surface area contributed by atoms with Crippen LogP contribution in [-0.4, -0.2) is 16.7 Å². The molecule has 0 aliphatic carbocycles. The second-order valence-electron chi connectivity index (χ2n) is 4.92. The van der Waals surface area contributed by atoms with Crippen LogP contribution in [0.3, 0.4) is 0 Å². The Balaban J connectivity index is 2.19. The van der Waals surface area contributed by atoms with Gasteiger partial charge in [-0.15, -0.1) is 0 Å². The number of hydrogen-bond acceptors (Lipinski definition) is 3. The van der Waals surface area contributed by atoms with Crippen molar-refractivity contribution >= 4 is 11.6 Å². The lowest BCUT2D eigenvalue weighted by atomic mass is 10.1. The van der Waals surface area contributed by atoms with E-state index in [1.165, 1.54) is 0 Å². The van der Waals surface area contributed by atoms with Crippen molar-refractivity contribution in [1.82, 2.24) is 5.43 Å². The summed E-state index contributed by atoms with van der Waals surface area (Å²) in [5.41, 5.74) is 6.14. The molecule has 0 atom stereocenters. The maximum Gasteiger partial charge on any atom is 0.275 e. The smallest absolute Gasteiger partial charge is 0.275 e. The lowest BCUT2D eigenvalue weighted by Gasteiger charge is -2.07. The van der Waals surface area contributed by atoms with E-state index in [-0.39, 0.29) is 11.3 Å². The minimum absolute atomic E-state index is 0.0151. The molecule has 0 bridgehead atoms. The van der Waals surface area contributed by atoms with Gasteiger partial charge in [-0.2, -0.15) is 5.10 Å². The standard InChI is InChI=1S/C17H18N2O2/c1-11-7-4-5-9-14(11)13(3)18-19-17(21)15-10-6-8-12(2)16(15)20/h4-10,20H,1-3H3,(H,19,21). The number of nitrogens with one attached hydrogen (secondary N) is 1. The predicted molar refractivity (Wildman–Crippen MR) is 83.7 cm³/mol. The fraction of sp³-hybridized carbons (Fsp3) is 0.176. The van der Waals surface area contributed by atoms with Crippen molar-refractivity contribution in [2.45, 2.75) is 20.8 Å². The molecule has 0 aromatic heterocycles. The zero-order valence-corrected chi connectivity index (χ0v) is 12.3. The van der Waals surface area contributed by atoms with Gasteiger partial charge in [-0.05, 0) is 38.0 Å². The van der Waals surface area contributed by atoms with E-state index in [2.05, 4.69) is 10.5 Å². The van der Waals surface area contributed by atoms with Crippen molar-refractivity contribution in [1.29, 1.82) is 0 Å². The number of nitrogens with zero attached hydrogens (tertiary/aromatic N) is 1. The van der Waals surface area contributed by atoms with Crippen LogP contribution in [0.15, 0.2) is 47.6 Å². The highest BCUT2D eigenvalue weighted by Crippen LogP contribution is 2.21. The van der Waals surface area contributed by atoms with E-state index in [1.807, 2.05) is 38.1 Å². The van der Waals surface area contributed by atoms with Gasteiger partial charge in [0, 0.05) is 5.56 Å². The predicted octanol–water partition coefficient (Wildman–Crippen LogP) is 3.16. The molecule has 0 radical (unpaired) electrons. The molecule has 0 aliphatic rings. The topological polar surface area (TPSA) is 61.7 Å². The highest BCUT2D eigenvalue weighted by Gasteiger charge is 2.12. The number of phenolic OH excluding ortho intramolecular Hbond substituents is 1. The van der Waals surface area contributed by atoms with Crippen LogP contribution >= 0.6 is 0 Å². The summed E-state index contributed by atoms with van der Waals surface area (Å²) in [6.45, 7) is 5.56. The minimum atomic E-state index is -0.427. The minimum Gasteiger partial charge on any atom is -0.507 e. The Morgan fingerprint density at radius 1 is 1.00 bits per heavy atom. The van der Waals surface area contributed by atoms with Crippen LogP contribution in [0.1, 0.15) is 34.0 Å². The van der Waals surface area contributed by atoms with Crippen molar-refractivity contribution in [3.8, 4) is 5.75 Å². The Labute approximate surface area is 124 Å². The largest absolute Gasteiger partial charge is 0.507 e. The molecule has 0 aliphatic heterocycles. The molecule has 0 fully saturated rings. The third-order valence-corrected chi connectivity index (χ3v) is 3.34. The summed E-state index contributed by atoms with van der Waals surface area (Å²) in [7, 11) is 0. The Morgan fingerprint density at radius 3 is 2.33 bits per heavy atom. The van der Waals surface area contributed by atoms with E-state index in [4.69, 9.17) is 0 Å². The summed E-state index contributed by atoms with van der Waals surface area (Å²) < 4.78 is 0. The maximum atomic E-state index is 12.1. The van der Waals surface area contributed by atoms with Gasteiger partial charge >= 0.3 is 0 Å². The van der Waals surface area contributed by atoms with Crippen LogP contribution in [0, 0.1) is 13.8 Å². The van der Waals surface area contributed by atoms with Crippen LogP contribution < -0.4 is 5.43 Å². The van der Waals surface area contributed by atoms with E-state index < -0.39 is 5.91 Å². The molecule has 0 unspecified atom stereocenters. The summed E-state index contributed by atoms with van der Waals surface area (Å²) in [5.74, 6) is -0.442. The Bertz CT molecular complexity index is 706. The van der Waals surface area contributed by atoms with Crippen molar-refractivity contribution in [3.63, 3.8) is 0 Å². The average molecular weight is 282 g/mol. The molecule has 4 heteroatoms. The first-order valence-electron chi connectivity index (χ1n) is 6.70. The number of aromatic hydroxyl groups is 1. The highest BCUT2D eigenvalue weighted by atomic mass is 16.3. The Hall–Kier alpha value is -2.62. The van der Waals surface area contributed by atoms with Crippen LogP contribution in [0.2, 0.25) is 0 Å². The number of phenols is 1. The van der Waals surface area contributed by atoms with E-state index in [0.717, 1.165) is 11.1 Å². The van der Waals surface area contributed by atoms with E-state index in [0.29, 0.717) is 11.3 Å². The number of hydrazone groups is 1. The Kier molecular flexibility index (Phi) is 4.38. The second kappa shape index (κ2) is 6.22. The van der Waals surface area contributed by atoms with Crippen LogP contribution in [0.4, 0.5) is 0 Å². The van der Waals surface area contributed by atoms with Crippen LogP contribution in [0.25, 0.3) is 0 Å². The molecule has 0 saturated carbocycles. The zero-order chi connectivity index (χ0) is 15.4. The summed E-state index contributed by atoms with van der Waals surface area (Å²) in [6.07, 6.45) is 0. The van der Waals surface area contributed by atoms with Crippen molar-refractivity contribution in [3.05, 3.63) is 64.7 Å². The number of benzene rings is 2. The van der Waals surface area contributed by atoms with E-state index >= 15 is 0 Å². The fourth-order valence-electron chi connectivity index (χ4n) is 2.08. The fourth-order valence-corrected chi connectivity index (χ4v) is 2.08. The normalized spacial score (nSPS) is 11.3. The highest BCUT2D eigenvalue weighted by molar-refractivity contribution is 6.02. The molecule has 1 amide bonds. The van der Waals surface area contributed by atoms with E-state index in [1.54, 1.807) is 25.1 Å². The van der Waals surface area contributed by atoms with Crippen LogP contribution in [0.5, 0.6) is 5.75 Å². The quantitative estimate of drug-likeness (QED) is 0.671. The maximum absolute atomic E-state index is 12.1. The molecule has 0 heterocycles. The monoisotopic (exact) mass is 282 g/mol. The third kappa shape index (κ3) is 3.28. The van der Waals surface area contributed by atoms with Crippen molar-refractivity contribution < 1.29 is 9.90 Å². The molecule has 2 N–H and O–H groups in total. The first kappa shape index (κ1) is 14.8. The van der Waals surface area contributed by atoms with Gasteiger partial charge in [0.25, 0.3) is 5.91 Å². The number of amides is 1. The molecule has 0 saturated heterocycles. The third-order valence-electron chi connectivity index (χ3n) is 3.34. The average Bonchev–Trinajstić information content (AvgIpc) is 2.47. The second-order valence-corrected chi connectivity index (χ2v) is 4.92. The molecule has 108 valence electrons. The summed E-state index contributed by atoms with van der Waals surface area (Å²) >= 11 is 0. The first-order valence-corrected chi connectivity index (χ1v) is 6.70. The van der Waals surface area contributed by atoms with Crippen molar-refractivity contribution in [2.24, 2.45) is 5.10 Å². The van der Waals surface area contributed by atoms with Gasteiger partial charge in [-0.3, -0.25) is 4.79 Å². The SMILES string of the molecule is CC(=NNC(=O)c1cccc(C)c1O)c1ccccc1C. The number of para-hydroxylation sites is 1. The molecule has 21 heavy (non-hydrogen) atoms. The number of hydrogen-bond donors (Lipinski definition) is 2. The summed E-state index contributed by atoms with van der Waals surface area (Å²) in [4.78, 5) is 12.1. The Morgan fingerprint density at radius 2 is 1.62 bits per heavy atom. The lowest BCUT2D eigenvalue weighted by molar-refractivity contribution is 0.0952. The zero-order valence-electron chi connectivity index (χ0n) is 12.3. The number of rotatable bonds is 3. The molecule has 4 nitrogen and oxygen atoms in total. The molecule has 2 aromatic rings. The van der Waals surface area contributed by atoms with Gasteiger partial charge in [-0.25, -0.2) is 5.43 Å². The molecule has 2 rings (SSSR count). The van der Waals surface area contributed by atoms with Crippen LogP contribution in [-0.2, 0) is 0 Å². The van der Waals surface area contributed by atoms with E-state index in [9.17, 15) is 9.90 Å². The molecular formula is C17H18N2O2. The number of carbonyl (C=O) groups excluding carboxylic acids is 1. The van der Waals surface area contributed by atoms with Gasteiger partial charge in [0.2, 0.25) is 0 Å². The van der Waals surface area contributed by atoms with Gasteiger partial charge in [0.15, 0.2) is 0 Å². The van der Waals surface area contributed by atoms with Gasteiger partial charge < -0.3 is 5.11 Å². The molecular weight excluding hydrogens is 264 g/mol. The van der Waals surface area contributed by atoms with Gasteiger partial charge in [0.05, 0.1) is 11.3 Å². The summed E-state index contributed by atoms with van der Waals surface area (Å²) in [6, 6.07) is 12.9. The molecule has 2 aromatic carbocycles.